The molecule has 0 unspecified atom stereocenters. The van der Waals surface area contributed by atoms with E-state index in [2.05, 4.69) is 4.99 Å². The Morgan fingerprint density at radius 2 is 1.83 bits per heavy atom. The van der Waals surface area contributed by atoms with Gasteiger partial charge in [0.2, 0.25) is 0 Å². The summed E-state index contributed by atoms with van der Waals surface area (Å²) in [5.74, 6) is 0.646. The van der Waals surface area contributed by atoms with Crippen LogP contribution < -0.4 is 15.4 Å². The molecule has 4 nitrogen and oxygen atoms in total. The summed E-state index contributed by atoms with van der Waals surface area (Å²) in [7, 11) is 1.62. The minimum absolute atomic E-state index is 0.132. The van der Waals surface area contributed by atoms with Crippen molar-refractivity contribution >= 4 is 28.6 Å². The van der Waals surface area contributed by atoms with Crippen molar-refractivity contribution in [1.82, 2.24) is 0 Å². The molecule has 24 heavy (non-hydrogen) atoms. The van der Waals surface area contributed by atoms with Crippen LogP contribution in [0.5, 0.6) is 5.75 Å². The van der Waals surface area contributed by atoms with E-state index >= 15 is 0 Å². The molecule has 1 heterocycles. The molecule has 122 valence electrons. The molecule has 0 saturated heterocycles. The van der Waals surface area contributed by atoms with Crippen molar-refractivity contribution in [2.24, 2.45) is 4.99 Å². The first-order valence-electron chi connectivity index (χ1n) is 7.71. The molecule has 4 heteroatoms. The van der Waals surface area contributed by atoms with Gasteiger partial charge in [-0.05, 0) is 49.7 Å². The van der Waals surface area contributed by atoms with E-state index in [1.807, 2.05) is 68.5 Å². The van der Waals surface area contributed by atoms with Crippen molar-refractivity contribution in [3.05, 3.63) is 64.7 Å². The van der Waals surface area contributed by atoms with Gasteiger partial charge in [-0.2, -0.15) is 0 Å². The largest absolute Gasteiger partial charge is 0.497 e. The lowest BCUT2D eigenvalue weighted by Gasteiger charge is -2.02. The van der Waals surface area contributed by atoms with Crippen molar-refractivity contribution in [3.63, 3.8) is 0 Å². The lowest BCUT2D eigenvalue weighted by molar-refractivity contribution is 0.415. The number of fused-ring (bicyclic) bond motifs is 1. The van der Waals surface area contributed by atoms with Crippen molar-refractivity contribution < 1.29 is 14.3 Å². The van der Waals surface area contributed by atoms with E-state index in [1.165, 1.54) is 0 Å². The van der Waals surface area contributed by atoms with E-state index < -0.39 is 0 Å². The first-order chi connectivity index (χ1) is 11.6. The average Bonchev–Trinajstić information content (AvgIpc) is 3.00. The van der Waals surface area contributed by atoms with E-state index in [0.717, 1.165) is 27.5 Å². The van der Waals surface area contributed by atoms with Gasteiger partial charge in [0.25, 0.3) is 5.88 Å². The van der Waals surface area contributed by atoms with Gasteiger partial charge in [-0.1, -0.05) is 24.3 Å². The lowest BCUT2D eigenvalue weighted by atomic mass is 10.1. The third-order valence-corrected chi connectivity index (χ3v) is 3.91. The molecule has 0 aliphatic carbocycles. The average molecular weight is 321 g/mol. The number of ether oxygens (including phenoxy) is 1. The summed E-state index contributed by atoms with van der Waals surface area (Å²) in [5.41, 5.74) is 2.70. The van der Waals surface area contributed by atoms with Crippen LogP contribution in [0.3, 0.4) is 0 Å². The summed E-state index contributed by atoms with van der Waals surface area (Å²) in [6.45, 7) is 3.75. The van der Waals surface area contributed by atoms with Crippen LogP contribution in [-0.2, 0) is 0 Å². The summed E-state index contributed by atoms with van der Waals surface area (Å²) in [6, 6.07) is 15.2. The molecule has 2 aromatic carbocycles. The number of aliphatic hydroxyl groups excluding tert-OH is 1. The fourth-order valence-electron chi connectivity index (χ4n) is 2.62. The first-order valence-corrected chi connectivity index (χ1v) is 7.71. The summed E-state index contributed by atoms with van der Waals surface area (Å²) in [5, 5.41) is 12.3. The molecule has 0 atom stereocenters. The highest BCUT2D eigenvalue weighted by Gasteiger charge is 2.07. The highest BCUT2D eigenvalue weighted by Crippen LogP contribution is 2.13. The molecule has 0 fully saturated rings. The number of hydrogen-bond acceptors (Lipinski definition) is 4. The van der Waals surface area contributed by atoms with Gasteiger partial charge >= 0.3 is 0 Å². The van der Waals surface area contributed by atoms with Gasteiger partial charge in [0.05, 0.1) is 7.11 Å². The Kier molecular flexibility index (Phi) is 4.38. The standard InChI is InChI=1S/C20H19NO3/c1-4-16-17-7-5-6-8-18(17)24-19(16)20(22)21-13(2)14-9-11-15(23-3)12-10-14/h4-12,22H,1-3H3/b16-4?,20-19-,21-13+. The highest BCUT2D eigenvalue weighted by molar-refractivity contribution is 6.00. The minimum Gasteiger partial charge on any atom is -0.497 e. The number of furan rings is 1. The Bertz CT molecular complexity index is 1010. The molecule has 0 bridgehead atoms. The van der Waals surface area contributed by atoms with Crippen LogP contribution in [0.4, 0.5) is 0 Å². The van der Waals surface area contributed by atoms with E-state index in [9.17, 15) is 5.11 Å². The fraction of sp³-hybridized carbons (Fsp3) is 0.150. The van der Waals surface area contributed by atoms with Crippen LogP contribution in [0.2, 0.25) is 0 Å². The molecule has 3 aromatic rings. The Hall–Kier alpha value is -3.01. The first kappa shape index (κ1) is 15.9. The van der Waals surface area contributed by atoms with E-state index in [1.54, 1.807) is 7.11 Å². The monoisotopic (exact) mass is 321 g/mol. The van der Waals surface area contributed by atoms with Crippen molar-refractivity contribution in [1.29, 1.82) is 0 Å². The normalized spacial score (nSPS) is 14.1. The molecule has 0 saturated carbocycles. The van der Waals surface area contributed by atoms with Crippen molar-refractivity contribution in [2.75, 3.05) is 7.11 Å². The Balaban J connectivity index is 2.13. The van der Waals surface area contributed by atoms with Crippen LogP contribution in [0.25, 0.3) is 22.9 Å². The van der Waals surface area contributed by atoms with Crippen LogP contribution in [0.15, 0.2) is 57.9 Å². The summed E-state index contributed by atoms with van der Waals surface area (Å²) < 4.78 is 10.9. The van der Waals surface area contributed by atoms with E-state index in [0.29, 0.717) is 11.1 Å². The molecule has 0 aliphatic rings. The maximum absolute atomic E-state index is 10.5. The number of methoxy groups -OCH3 is 1. The topological polar surface area (TPSA) is 55.0 Å². The zero-order chi connectivity index (χ0) is 17.1. The number of para-hydroxylation sites is 1. The van der Waals surface area contributed by atoms with Gasteiger partial charge in [0.15, 0.2) is 5.42 Å². The number of aliphatic hydroxyl groups is 1. The van der Waals surface area contributed by atoms with E-state index in [-0.39, 0.29) is 5.88 Å². The summed E-state index contributed by atoms with van der Waals surface area (Å²) >= 11 is 0. The summed E-state index contributed by atoms with van der Waals surface area (Å²) in [6.07, 6.45) is 1.91. The molecule has 0 radical (unpaired) electrons. The molecule has 0 spiro atoms. The third kappa shape index (κ3) is 2.91. The summed E-state index contributed by atoms with van der Waals surface area (Å²) in [4.78, 5) is 4.31. The van der Waals surface area contributed by atoms with Crippen molar-refractivity contribution in [3.8, 4) is 5.75 Å². The van der Waals surface area contributed by atoms with Gasteiger partial charge in [-0.15, -0.1) is 0 Å². The minimum atomic E-state index is -0.132. The highest BCUT2D eigenvalue weighted by atomic mass is 16.5. The third-order valence-electron chi connectivity index (χ3n) is 3.91. The van der Waals surface area contributed by atoms with Crippen LogP contribution in [-0.4, -0.2) is 17.9 Å². The SMILES string of the molecule is CC=c1/c(=C(O)\N=C(/C)c2ccc(OC)cc2)oc2ccccc12. The number of nitrogens with zero attached hydrogens (tertiary/aromatic N) is 1. The number of rotatable bonds is 3. The zero-order valence-corrected chi connectivity index (χ0v) is 13.9. The molecular formula is C20H19NO3. The van der Waals surface area contributed by atoms with E-state index in [4.69, 9.17) is 9.15 Å². The maximum atomic E-state index is 10.5. The number of benzene rings is 2. The molecule has 3 rings (SSSR count). The quantitative estimate of drug-likeness (QED) is 0.753. The Morgan fingerprint density at radius 1 is 1.12 bits per heavy atom. The van der Waals surface area contributed by atoms with Gasteiger partial charge in [-0.25, -0.2) is 4.99 Å². The van der Waals surface area contributed by atoms with Gasteiger partial charge < -0.3 is 14.3 Å². The maximum Gasteiger partial charge on any atom is 0.256 e. The number of hydrogen-bond donors (Lipinski definition) is 1. The second-order valence-corrected chi connectivity index (χ2v) is 5.38. The van der Waals surface area contributed by atoms with Crippen LogP contribution in [0, 0.1) is 0 Å². The molecule has 0 amide bonds. The second-order valence-electron chi connectivity index (χ2n) is 5.38. The number of aliphatic imine (C=N–C) groups is 1. The molecular weight excluding hydrogens is 302 g/mol. The second kappa shape index (κ2) is 6.62. The Labute approximate surface area is 140 Å². The smallest absolute Gasteiger partial charge is 0.256 e. The lowest BCUT2D eigenvalue weighted by Crippen LogP contribution is -2.22. The molecule has 1 aromatic heterocycles. The van der Waals surface area contributed by atoms with Gasteiger partial charge in [0.1, 0.15) is 11.3 Å². The zero-order valence-electron chi connectivity index (χ0n) is 13.9. The molecule has 1 N–H and O–H groups in total. The predicted octanol–water partition coefficient (Wildman–Crippen LogP) is 3.37. The van der Waals surface area contributed by atoms with Crippen LogP contribution in [0.1, 0.15) is 19.4 Å². The predicted molar refractivity (Wildman–Crippen MR) is 96.8 cm³/mol. The van der Waals surface area contributed by atoms with Crippen molar-refractivity contribution in [2.45, 2.75) is 13.8 Å². The molecule has 0 aliphatic heterocycles. The van der Waals surface area contributed by atoms with Gasteiger partial charge in [-0.3, -0.25) is 0 Å². The fourth-order valence-corrected chi connectivity index (χ4v) is 2.62. The van der Waals surface area contributed by atoms with Crippen LogP contribution >= 0.6 is 0 Å². The van der Waals surface area contributed by atoms with Gasteiger partial charge in [0, 0.05) is 16.3 Å². The Morgan fingerprint density at radius 3 is 2.50 bits per heavy atom.